The van der Waals surface area contributed by atoms with Gasteiger partial charge in [-0.15, -0.1) is 6.58 Å². The van der Waals surface area contributed by atoms with Crippen molar-refractivity contribution in [2.45, 2.75) is 155 Å². The lowest BCUT2D eigenvalue weighted by Crippen LogP contribution is -2.13. The number of allylic oxidation sites excluding steroid dienone is 11. The van der Waals surface area contributed by atoms with Crippen molar-refractivity contribution in [3.05, 3.63) is 149 Å². The average molecular weight is 883 g/mol. The van der Waals surface area contributed by atoms with Gasteiger partial charge < -0.3 is 18.5 Å². The zero-order valence-corrected chi connectivity index (χ0v) is 43.6. The topological polar surface area (TPSA) is 47.9 Å². The molecule has 0 radical (unpaired) electrons. The van der Waals surface area contributed by atoms with Gasteiger partial charge in [0, 0.05) is 17.3 Å². The Bertz CT molecular complexity index is 1880. The van der Waals surface area contributed by atoms with E-state index in [-0.39, 0.29) is 17.4 Å². The smallest absolute Gasteiger partial charge is 0.322 e. The molecule has 0 aliphatic heterocycles. The molecule has 0 saturated heterocycles. The number of para-hydroxylation sites is 1. The Morgan fingerprint density at radius 1 is 1.00 bits per heavy atom. The lowest BCUT2D eigenvalue weighted by molar-refractivity contribution is 0.254. The highest BCUT2D eigenvalue weighted by atomic mass is 31.2. The van der Waals surface area contributed by atoms with Gasteiger partial charge in [0.1, 0.15) is 11.5 Å². The Hall–Kier alpha value is -3.70. The van der Waals surface area contributed by atoms with Crippen molar-refractivity contribution in [1.82, 2.24) is 0 Å². The molecule has 4 nitrogen and oxygen atoms in total. The number of aryl methyl sites for hydroxylation is 2. The summed E-state index contributed by atoms with van der Waals surface area (Å²) in [5.74, 6) is 8.10. The first kappa shape index (κ1) is 58.3. The van der Waals surface area contributed by atoms with Gasteiger partial charge in [0.05, 0.1) is 11.4 Å². The van der Waals surface area contributed by atoms with Gasteiger partial charge in [-0.25, -0.2) is 0 Å². The Morgan fingerprint density at radius 3 is 2.19 bits per heavy atom. The van der Waals surface area contributed by atoms with Gasteiger partial charge in [-0.2, -0.15) is 0 Å². The Balaban J connectivity index is 0.00000133. The minimum absolute atomic E-state index is 0.0453. The minimum atomic E-state index is -1.67. The highest BCUT2D eigenvalue weighted by molar-refractivity contribution is 7.53. The molecule has 0 saturated carbocycles. The predicted molar refractivity (Wildman–Crippen MR) is 279 cm³/mol. The summed E-state index contributed by atoms with van der Waals surface area (Å²) in [5.41, 5.74) is 6.50. The van der Waals surface area contributed by atoms with Crippen molar-refractivity contribution in [3.8, 4) is 23.3 Å². The fraction of sp³-hybridized carbons (Fsp3) is 0.464. The van der Waals surface area contributed by atoms with E-state index in [0.717, 1.165) is 41.9 Å². The van der Waals surface area contributed by atoms with Gasteiger partial charge in [-0.05, 0) is 92.9 Å². The third-order valence-corrected chi connectivity index (χ3v) is 11.4. The van der Waals surface area contributed by atoms with Crippen LogP contribution in [0.15, 0.2) is 127 Å². The summed E-state index contributed by atoms with van der Waals surface area (Å²) >= 11 is 0. The standard InChI is InChI=1S/C36H51O2P.C13H15O2P.C5H12.C2H6/c1-12-14-15-20-34(26(3)4)39(37-33-19-17-16-18-32(33)36(9,10)11)38-35-30(8)24-29(7)25-31(35)22-21-28(6)23-27(5)13-2;1-3-4-6-9-12(2)16(14)15-13-10-7-5-8-11-13;1-5(2,3)4;1-2/h13-22,24-26,28H,12,23H2,1-11H3;3,5,7-8,10,13-14H,1-2,4,11H2;1-4H3;1-2H3/b15-14-,22-21+,27-13-,34-20+;;;. The van der Waals surface area contributed by atoms with Crippen LogP contribution in [0.5, 0.6) is 11.5 Å². The summed E-state index contributed by atoms with van der Waals surface area (Å²) in [6.07, 6.45) is 26.1. The molecule has 6 heteroatoms. The molecule has 1 N–H and O–H groups in total. The van der Waals surface area contributed by atoms with Crippen LogP contribution in [-0.4, -0.2) is 11.0 Å². The van der Waals surface area contributed by atoms with Gasteiger partial charge in [0.15, 0.2) is 0 Å². The second kappa shape index (κ2) is 31.2. The number of rotatable bonds is 16. The molecule has 0 spiro atoms. The van der Waals surface area contributed by atoms with Gasteiger partial charge in [-0.3, -0.25) is 0 Å². The third kappa shape index (κ3) is 25.4. The second-order valence-corrected chi connectivity index (χ2v) is 20.8. The van der Waals surface area contributed by atoms with E-state index in [4.69, 9.17) is 13.6 Å². The molecular formula is C56H84O4P2. The Kier molecular flexibility index (Phi) is 29.3. The van der Waals surface area contributed by atoms with Crippen molar-refractivity contribution in [2.24, 2.45) is 17.3 Å². The number of hydrogen-bond donors (Lipinski definition) is 1. The van der Waals surface area contributed by atoms with Crippen molar-refractivity contribution in [3.63, 3.8) is 0 Å². The third-order valence-electron chi connectivity index (χ3n) is 8.57. The molecule has 0 aromatic heterocycles. The van der Waals surface area contributed by atoms with Crippen LogP contribution in [0.2, 0.25) is 0 Å². The number of hydrogen-bond acceptors (Lipinski definition) is 4. The lowest BCUT2D eigenvalue weighted by atomic mass is 9.86. The Labute approximate surface area is 384 Å². The fourth-order valence-corrected chi connectivity index (χ4v) is 7.87. The van der Waals surface area contributed by atoms with Crippen LogP contribution >= 0.6 is 16.8 Å². The monoisotopic (exact) mass is 883 g/mol. The van der Waals surface area contributed by atoms with Gasteiger partial charge in [0.25, 0.3) is 0 Å². The van der Waals surface area contributed by atoms with Crippen LogP contribution in [0.4, 0.5) is 0 Å². The first-order chi connectivity index (χ1) is 29.1. The Morgan fingerprint density at radius 2 is 1.65 bits per heavy atom. The first-order valence-electron chi connectivity index (χ1n) is 22.4. The van der Waals surface area contributed by atoms with Crippen LogP contribution in [0.25, 0.3) is 6.08 Å². The van der Waals surface area contributed by atoms with Crippen LogP contribution in [0, 0.1) is 42.9 Å². The first-order valence-corrected chi connectivity index (χ1v) is 24.8. The summed E-state index contributed by atoms with van der Waals surface area (Å²) in [4.78, 5) is 9.73. The van der Waals surface area contributed by atoms with E-state index in [0.29, 0.717) is 23.1 Å². The molecule has 1 aliphatic rings. The molecule has 0 bridgehead atoms. The van der Waals surface area contributed by atoms with E-state index in [1.807, 2.05) is 44.2 Å². The predicted octanol–water partition coefficient (Wildman–Crippen LogP) is 18.2. The van der Waals surface area contributed by atoms with E-state index < -0.39 is 16.8 Å². The van der Waals surface area contributed by atoms with Crippen LogP contribution in [-0.2, 0) is 9.94 Å². The van der Waals surface area contributed by atoms with Crippen molar-refractivity contribution < 1.29 is 18.5 Å². The molecule has 2 aromatic carbocycles. The summed E-state index contributed by atoms with van der Waals surface area (Å²) in [6, 6.07) is 12.8. The quantitative estimate of drug-likeness (QED) is 0.0790. The van der Waals surface area contributed by atoms with Crippen molar-refractivity contribution in [1.29, 1.82) is 0 Å². The SMILES string of the molecule is C/C=C(/C)CC(C)/C=C/c1cc(C)cc(C)c1OP(Oc1ccccc1C(C)(C)C)/C(=C/C=C\CC)C(C)C.C=CCC#CC(=C)P(O)OC1C=CC=CC1.CC.CC(C)(C)C. The van der Waals surface area contributed by atoms with Gasteiger partial charge >= 0.3 is 8.38 Å². The van der Waals surface area contributed by atoms with Crippen LogP contribution in [0.1, 0.15) is 152 Å². The molecular weight excluding hydrogens is 799 g/mol. The lowest BCUT2D eigenvalue weighted by Gasteiger charge is -2.28. The largest absolute Gasteiger partial charge is 0.435 e. The summed E-state index contributed by atoms with van der Waals surface area (Å²) in [7, 11) is -3.08. The zero-order valence-electron chi connectivity index (χ0n) is 41.9. The molecule has 0 fully saturated rings. The highest BCUT2D eigenvalue weighted by Crippen LogP contribution is 2.53. The normalized spacial score (nSPS) is 15.5. The molecule has 4 unspecified atom stereocenters. The molecule has 2 aromatic rings. The van der Waals surface area contributed by atoms with E-state index >= 15 is 0 Å². The molecule has 1 aliphatic carbocycles. The van der Waals surface area contributed by atoms with Crippen molar-refractivity contribution >= 4 is 22.8 Å². The highest BCUT2D eigenvalue weighted by Gasteiger charge is 2.28. The molecule has 0 amide bonds. The number of benzene rings is 2. The van der Waals surface area contributed by atoms with E-state index in [1.165, 1.54) is 22.0 Å². The second-order valence-electron chi connectivity index (χ2n) is 18.2. The molecule has 4 atom stereocenters. The zero-order chi connectivity index (χ0) is 47.5. The maximum Gasteiger partial charge on any atom is 0.322 e. The minimum Gasteiger partial charge on any atom is -0.435 e. The van der Waals surface area contributed by atoms with Crippen LogP contribution in [0.3, 0.4) is 0 Å². The maximum absolute atomic E-state index is 9.73. The summed E-state index contributed by atoms with van der Waals surface area (Å²) in [6.45, 7) is 44.1. The maximum atomic E-state index is 9.73. The van der Waals surface area contributed by atoms with E-state index in [1.54, 1.807) is 6.08 Å². The molecule has 342 valence electrons. The van der Waals surface area contributed by atoms with Gasteiger partial charge in [-0.1, -0.05) is 211 Å². The average Bonchev–Trinajstić information content (AvgIpc) is 3.20. The molecule has 0 heterocycles. The summed E-state index contributed by atoms with van der Waals surface area (Å²) in [5, 5.41) is 1.62. The molecule has 62 heavy (non-hydrogen) atoms. The van der Waals surface area contributed by atoms with Crippen LogP contribution < -0.4 is 9.05 Å². The molecule has 3 rings (SSSR count). The van der Waals surface area contributed by atoms with E-state index in [2.05, 4.69) is 196 Å². The fourth-order valence-electron chi connectivity index (χ4n) is 5.53. The van der Waals surface area contributed by atoms with Gasteiger partial charge in [0.2, 0.25) is 8.38 Å². The summed E-state index contributed by atoms with van der Waals surface area (Å²) < 4.78 is 19.3. The van der Waals surface area contributed by atoms with Crippen molar-refractivity contribution in [2.75, 3.05) is 0 Å². The van der Waals surface area contributed by atoms with E-state index in [9.17, 15) is 4.89 Å².